The van der Waals surface area contributed by atoms with Crippen LogP contribution in [0.4, 0.5) is 0 Å². The van der Waals surface area contributed by atoms with Gasteiger partial charge in [0.1, 0.15) is 10.7 Å². The average Bonchev–Trinajstić information content (AvgIpc) is 2.61. The maximum absolute atomic E-state index is 10.7. The van der Waals surface area contributed by atoms with Gasteiger partial charge in [-0.25, -0.2) is 4.98 Å². The summed E-state index contributed by atoms with van der Waals surface area (Å²) in [6.07, 6.45) is 0.800. The molecule has 0 aliphatic carbocycles. The van der Waals surface area contributed by atoms with Crippen LogP contribution in [0, 0.1) is 6.92 Å². The molecule has 0 N–H and O–H groups in total. The lowest BCUT2D eigenvalue weighted by atomic mass is 10.2. The molecule has 0 aliphatic rings. The first-order valence-corrected chi connectivity index (χ1v) is 6.00. The summed E-state index contributed by atoms with van der Waals surface area (Å²) in [6, 6.07) is 7.90. The van der Waals surface area contributed by atoms with E-state index in [1.54, 1.807) is 11.3 Å². The molecule has 76 valence electrons. The Morgan fingerprint density at radius 1 is 1.33 bits per heavy atom. The van der Waals surface area contributed by atoms with Crippen molar-refractivity contribution in [3.63, 3.8) is 0 Å². The van der Waals surface area contributed by atoms with Gasteiger partial charge >= 0.3 is 0 Å². The average molecular weight is 282 g/mol. The molecule has 0 amide bonds. The highest BCUT2D eigenvalue weighted by atomic mass is 79.9. The predicted molar refractivity (Wildman–Crippen MR) is 65.4 cm³/mol. The van der Waals surface area contributed by atoms with E-state index in [0.29, 0.717) is 5.69 Å². The summed E-state index contributed by atoms with van der Waals surface area (Å²) >= 11 is 4.92. The molecule has 1 aromatic carbocycles. The number of aryl methyl sites for hydroxylation is 1. The molecule has 0 unspecified atom stereocenters. The fourth-order valence-corrected chi connectivity index (χ4v) is 2.38. The lowest BCUT2D eigenvalue weighted by Crippen LogP contribution is -1.82. The number of halogens is 1. The zero-order chi connectivity index (χ0) is 10.8. The predicted octanol–water partition coefficient (Wildman–Crippen LogP) is 3.69. The van der Waals surface area contributed by atoms with Gasteiger partial charge in [0.2, 0.25) is 0 Å². The van der Waals surface area contributed by atoms with Crippen LogP contribution in [0.15, 0.2) is 28.7 Å². The molecule has 0 aliphatic heterocycles. The summed E-state index contributed by atoms with van der Waals surface area (Å²) in [5, 5.41) is 0.891. The van der Waals surface area contributed by atoms with Gasteiger partial charge < -0.3 is 0 Å². The second-order valence-corrected chi connectivity index (χ2v) is 5.20. The number of hydrogen-bond donors (Lipinski definition) is 0. The van der Waals surface area contributed by atoms with Gasteiger partial charge in [0.05, 0.1) is 0 Å². The quantitative estimate of drug-likeness (QED) is 0.786. The lowest BCUT2D eigenvalue weighted by Gasteiger charge is -1.95. The summed E-state index contributed by atoms with van der Waals surface area (Å²) in [6.45, 7) is 1.91. The first-order chi connectivity index (χ1) is 7.20. The number of aldehydes is 1. The van der Waals surface area contributed by atoms with Gasteiger partial charge in [-0.15, -0.1) is 11.3 Å². The maximum Gasteiger partial charge on any atom is 0.169 e. The largest absolute Gasteiger partial charge is 0.296 e. The third-order valence-electron chi connectivity index (χ3n) is 2.04. The molecule has 0 saturated carbocycles. The Balaban J connectivity index is 2.45. The van der Waals surface area contributed by atoms with E-state index in [0.717, 1.165) is 26.2 Å². The molecule has 1 aromatic heterocycles. The number of benzene rings is 1. The van der Waals surface area contributed by atoms with E-state index in [2.05, 4.69) is 20.9 Å². The van der Waals surface area contributed by atoms with Crippen molar-refractivity contribution in [1.29, 1.82) is 0 Å². The van der Waals surface area contributed by atoms with E-state index < -0.39 is 0 Å². The molecule has 0 spiro atoms. The van der Waals surface area contributed by atoms with E-state index in [9.17, 15) is 4.79 Å². The van der Waals surface area contributed by atoms with Gasteiger partial charge in [-0.3, -0.25) is 4.79 Å². The smallest absolute Gasteiger partial charge is 0.169 e. The zero-order valence-electron chi connectivity index (χ0n) is 8.03. The fourth-order valence-electron chi connectivity index (χ4n) is 1.23. The Morgan fingerprint density at radius 2 is 2.00 bits per heavy atom. The molecular formula is C11H8BrNOS. The molecule has 2 nitrogen and oxygen atoms in total. The Kier molecular flexibility index (Phi) is 2.98. The number of carbonyl (C=O) groups is 1. The van der Waals surface area contributed by atoms with Crippen LogP contribution in [0.2, 0.25) is 0 Å². The van der Waals surface area contributed by atoms with E-state index in [1.165, 1.54) is 0 Å². The minimum Gasteiger partial charge on any atom is -0.296 e. The summed E-state index contributed by atoms with van der Waals surface area (Å²) < 4.78 is 1.04. The minimum absolute atomic E-state index is 0.540. The van der Waals surface area contributed by atoms with E-state index >= 15 is 0 Å². The van der Waals surface area contributed by atoms with Gasteiger partial charge in [0, 0.05) is 14.9 Å². The molecule has 4 heteroatoms. The van der Waals surface area contributed by atoms with Gasteiger partial charge in [0.25, 0.3) is 0 Å². The van der Waals surface area contributed by atoms with E-state index in [4.69, 9.17) is 0 Å². The normalized spacial score (nSPS) is 10.3. The molecule has 2 rings (SSSR count). The Bertz CT molecular complexity index is 490. The van der Waals surface area contributed by atoms with Crippen molar-refractivity contribution in [2.75, 3.05) is 0 Å². The van der Waals surface area contributed by atoms with Crippen LogP contribution in [0.25, 0.3) is 10.6 Å². The van der Waals surface area contributed by atoms with E-state index in [1.807, 2.05) is 31.2 Å². The zero-order valence-corrected chi connectivity index (χ0v) is 10.4. The third-order valence-corrected chi connectivity index (χ3v) is 3.60. The minimum atomic E-state index is 0.540. The molecule has 0 radical (unpaired) electrons. The van der Waals surface area contributed by atoms with Crippen molar-refractivity contribution in [3.8, 4) is 10.6 Å². The number of aromatic nitrogens is 1. The van der Waals surface area contributed by atoms with Crippen LogP contribution >= 0.6 is 27.3 Å². The fraction of sp³-hybridized carbons (Fsp3) is 0.0909. The highest BCUT2D eigenvalue weighted by Crippen LogP contribution is 2.27. The standard InChI is InChI=1S/C11H8BrNOS/c1-7-10(6-14)13-11(15-7)8-2-4-9(12)5-3-8/h2-6H,1H3. The van der Waals surface area contributed by atoms with Crippen molar-refractivity contribution in [2.45, 2.75) is 6.92 Å². The van der Waals surface area contributed by atoms with Crippen molar-refractivity contribution in [3.05, 3.63) is 39.3 Å². The van der Waals surface area contributed by atoms with Crippen LogP contribution in [0.3, 0.4) is 0 Å². The number of carbonyl (C=O) groups excluding carboxylic acids is 1. The summed E-state index contributed by atoms with van der Waals surface area (Å²) in [7, 11) is 0. The van der Waals surface area contributed by atoms with Crippen molar-refractivity contribution in [2.24, 2.45) is 0 Å². The van der Waals surface area contributed by atoms with Crippen molar-refractivity contribution < 1.29 is 4.79 Å². The van der Waals surface area contributed by atoms with Crippen LogP contribution in [0.5, 0.6) is 0 Å². The number of rotatable bonds is 2. The van der Waals surface area contributed by atoms with Crippen LogP contribution in [-0.2, 0) is 0 Å². The highest BCUT2D eigenvalue weighted by Gasteiger charge is 2.07. The molecule has 0 atom stereocenters. The lowest BCUT2D eigenvalue weighted by molar-refractivity contribution is 0.111. The number of nitrogens with zero attached hydrogens (tertiary/aromatic N) is 1. The van der Waals surface area contributed by atoms with Gasteiger partial charge in [-0.05, 0) is 19.1 Å². The number of hydrogen-bond acceptors (Lipinski definition) is 3. The van der Waals surface area contributed by atoms with Crippen LogP contribution in [-0.4, -0.2) is 11.3 Å². The SMILES string of the molecule is Cc1sc(-c2ccc(Br)cc2)nc1C=O. The molecule has 2 aromatic rings. The second kappa shape index (κ2) is 4.24. The van der Waals surface area contributed by atoms with Gasteiger partial charge in [-0.1, -0.05) is 28.1 Å². The third kappa shape index (κ3) is 2.16. The molecule has 15 heavy (non-hydrogen) atoms. The van der Waals surface area contributed by atoms with Crippen LogP contribution < -0.4 is 0 Å². The van der Waals surface area contributed by atoms with Crippen molar-refractivity contribution in [1.82, 2.24) is 4.98 Å². The van der Waals surface area contributed by atoms with E-state index in [-0.39, 0.29) is 0 Å². The Hall–Kier alpha value is -1.00. The van der Waals surface area contributed by atoms with Gasteiger partial charge in [-0.2, -0.15) is 0 Å². The van der Waals surface area contributed by atoms with Crippen molar-refractivity contribution >= 4 is 33.6 Å². The van der Waals surface area contributed by atoms with Crippen LogP contribution in [0.1, 0.15) is 15.4 Å². The molecular weight excluding hydrogens is 274 g/mol. The topological polar surface area (TPSA) is 30.0 Å². The number of thiazole rings is 1. The Labute approximate surface area is 100 Å². The molecule has 0 saturated heterocycles. The summed E-state index contributed by atoms with van der Waals surface area (Å²) in [4.78, 5) is 15.9. The summed E-state index contributed by atoms with van der Waals surface area (Å²) in [5.74, 6) is 0. The first kappa shape index (κ1) is 10.5. The second-order valence-electron chi connectivity index (χ2n) is 3.09. The maximum atomic E-state index is 10.7. The first-order valence-electron chi connectivity index (χ1n) is 4.39. The molecule has 0 bridgehead atoms. The highest BCUT2D eigenvalue weighted by molar-refractivity contribution is 9.10. The Morgan fingerprint density at radius 3 is 2.53 bits per heavy atom. The summed E-state index contributed by atoms with van der Waals surface area (Å²) in [5.41, 5.74) is 1.58. The molecule has 1 heterocycles. The van der Waals surface area contributed by atoms with Gasteiger partial charge in [0.15, 0.2) is 6.29 Å². The monoisotopic (exact) mass is 281 g/mol. The molecule has 0 fully saturated rings.